The van der Waals surface area contributed by atoms with Crippen LogP contribution in [0.2, 0.25) is 0 Å². The number of aromatic nitrogens is 1. The summed E-state index contributed by atoms with van der Waals surface area (Å²) in [5, 5.41) is 8.47. The number of nitrogens with zero attached hydrogens (tertiary/aromatic N) is 1. The Balaban J connectivity index is 2.29. The van der Waals surface area contributed by atoms with E-state index in [-0.39, 0.29) is 4.90 Å². The third kappa shape index (κ3) is 3.57. The number of sulfonamides is 1. The van der Waals surface area contributed by atoms with Crippen LogP contribution in [0.4, 0.5) is 10.8 Å². The zero-order valence-electron chi connectivity index (χ0n) is 11.3. The van der Waals surface area contributed by atoms with Crippen LogP contribution in [0.15, 0.2) is 29.2 Å². The smallest absolute Gasteiger partial charge is 0.350 e. The van der Waals surface area contributed by atoms with Crippen molar-refractivity contribution in [1.29, 1.82) is 0 Å². The van der Waals surface area contributed by atoms with Crippen molar-refractivity contribution in [2.75, 3.05) is 12.4 Å². The Hall–Kier alpha value is -1.97. The number of methoxy groups -OCH3 is 1. The van der Waals surface area contributed by atoms with Gasteiger partial charge in [-0.15, -0.1) is 0 Å². The summed E-state index contributed by atoms with van der Waals surface area (Å²) in [6.07, 6.45) is 0. The quantitative estimate of drug-likeness (QED) is 0.826. The van der Waals surface area contributed by atoms with E-state index in [0.29, 0.717) is 21.4 Å². The van der Waals surface area contributed by atoms with Crippen LogP contribution < -0.4 is 10.5 Å². The number of thiazole rings is 1. The van der Waals surface area contributed by atoms with Gasteiger partial charge in [-0.05, 0) is 25.1 Å². The number of primary sulfonamides is 1. The lowest BCUT2D eigenvalue weighted by atomic mass is 10.3. The van der Waals surface area contributed by atoms with Gasteiger partial charge in [0.1, 0.15) is 4.88 Å². The largest absolute Gasteiger partial charge is 0.465 e. The van der Waals surface area contributed by atoms with Gasteiger partial charge in [0.2, 0.25) is 10.0 Å². The van der Waals surface area contributed by atoms with E-state index in [2.05, 4.69) is 15.0 Å². The predicted octanol–water partition coefficient (Wildman–Crippen LogP) is 1.63. The Morgan fingerprint density at radius 3 is 2.76 bits per heavy atom. The lowest BCUT2D eigenvalue weighted by Gasteiger charge is -2.04. The van der Waals surface area contributed by atoms with Crippen molar-refractivity contribution in [1.82, 2.24) is 4.98 Å². The van der Waals surface area contributed by atoms with Crippen LogP contribution >= 0.6 is 11.3 Å². The summed E-state index contributed by atoms with van der Waals surface area (Å²) >= 11 is 1.12. The van der Waals surface area contributed by atoms with E-state index in [1.54, 1.807) is 19.1 Å². The highest BCUT2D eigenvalue weighted by molar-refractivity contribution is 7.89. The molecule has 0 saturated carbocycles. The molecule has 2 aromatic rings. The molecule has 0 fully saturated rings. The lowest BCUT2D eigenvalue weighted by molar-refractivity contribution is 0.0605. The predicted molar refractivity (Wildman–Crippen MR) is 79.3 cm³/mol. The number of rotatable bonds is 4. The maximum absolute atomic E-state index is 11.5. The fraction of sp³-hybridized carbons (Fsp3) is 0.167. The van der Waals surface area contributed by atoms with Crippen LogP contribution in [0.5, 0.6) is 0 Å². The van der Waals surface area contributed by atoms with Gasteiger partial charge in [0.15, 0.2) is 5.13 Å². The van der Waals surface area contributed by atoms with Gasteiger partial charge in [0.25, 0.3) is 0 Å². The molecular formula is C12H13N3O4S2. The molecule has 0 aliphatic heterocycles. The van der Waals surface area contributed by atoms with Crippen LogP contribution in [-0.2, 0) is 14.8 Å². The van der Waals surface area contributed by atoms with Crippen LogP contribution in [0.25, 0.3) is 0 Å². The summed E-state index contributed by atoms with van der Waals surface area (Å²) in [4.78, 5) is 16.1. The van der Waals surface area contributed by atoms with Crippen molar-refractivity contribution < 1.29 is 17.9 Å². The number of esters is 1. The number of carbonyl (C=O) groups excluding carboxylic acids is 1. The highest BCUT2D eigenvalue weighted by atomic mass is 32.2. The molecule has 0 aliphatic carbocycles. The molecule has 3 N–H and O–H groups in total. The molecule has 9 heteroatoms. The average Bonchev–Trinajstić information content (AvgIpc) is 2.78. The van der Waals surface area contributed by atoms with Gasteiger partial charge in [-0.1, -0.05) is 17.4 Å². The summed E-state index contributed by atoms with van der Waals surface area (Å²) in [5.74, 6) is -0.462. The van der Waals surface area contributed by atoms with E-state index in [9.17, 15) is 13.2 Å². The standard InChI is InChI=1S/C12H13N3O4S2/c1-7-10(11(16)19-2)20-12(14-7)15-8-4-3-5-9(6-8)21(13,17)18/h3-6H,1-2H3,(H,14,15)(H2,13,17,18). The number of ether oxygens (including phenoxy) is 1. The lowest BCUT2D eigenvalue weighted by Crippen LogP contribution is -2.12. The molecule has 2 rings (SSSR count). The minimum absolute atomic E-state index is 0.00558. The highest BCUT2D eigenvalue weighted by Gasteiger charge is 2.16. The van der Waals surface area contributed by atoms with Gasteiger partial charge in [-0.25, -0.2) is 23.3 Å². The first-order valence-electron chi connectivity index (χ1n) is 5.77. The van der Waals surface area contributed by atoms with Crippen molar-refractivity contribution in [2.24, 2.45) is 5.14 Å². The molecule has 21 heavy (non-hydrogen) atoms. The molecular weight excluding hydrogens is 314 g/mol. The van der Waals surface area contributed by atoms with E-state index in [1.807, 2.05) is 0 Å². The maximum atomic E-state index is 11.5. The van der Waals surface area contributed by atoms with Gasteiger partial charge in [0.05, 0.1) is 17.7 Å². The molecule has 1 heterocycles. The van der Waals surface area contributed by atoms with E-state index in [4.69, 9.17) is 5.14 Å². The van der Waals surface area contributed by atoms with E-state index in [1.165, 1.54) is 19.2 Å². The molecule has 7 nitrogen and oxygen atoms in total. The van der Waals surface area contributed by atoms with E-state index >= 15 is 0 Å². The molecule has 0 atom stereocenters. The van der Waals surface area contributed by atoms with Crippen molar-refractivity contribution in [3.8, 4) is 0 Å². The minimum Gasteiger partial charge on any atom is -0.465 e. The summed E-state index contributed by atoms with van der Waals surface area (Å²) in [7, 11) is -2.47. The molecule has 0 spiro atoms. The van der Waals surface area contributed by atoms with Gasteiger partial charge in [-0.2, -0.15) is 0 Å². The SMILES string of the molecule is COC(=O)c1sc(Nc2cccc(S(N)(=O)=O)c2)nc1C. The number of hydrogen-bond donors (Lipinski definition) is 2. The first-order chi connectivity index (χ1) is 9.81. The van der Waals surface area contributed by atoms with Crippen molar-refractivity contribution in [3.63, 3.8) is 0 Å². The summed E-state index contributed by atoms with van der Waals surface area (Å²) in [6.45, 7) is 1.69. The maximum Gasteiger partial charge on any atom is 0.350 e. The van der Waals surface area contributed by atoms with Gasteiger partial charge < -0.3 is 10.1 Å². The fourth-order valence-electron chi connectivity index (χ4n) is 1.61. The Bertz CT molecular complexity index is 784. The normalized spacial score (nSPS) is 11.2. The minimum atomic E-state index is -3.77. The number of benzene rings is 1. The molecule has 1 aromatic heterocycles. The first kappa shape index (κ1) is 15.4. The first-order valence-corrected chi connectivity index (χ1v) is 8.13. The Morgan fingerprint density at radius 2 is 2.14 bits per heavy atom. The van der Waals surface area contributed by atoms with Crippen LogP contribution in [0, 0.1) is 6.92 Å². The van der Waals surface area contributed by atoms with Crippen molar-refractivity contribution in [2.45, 2.75) is 11.8 Å². The highest BCUT2D eigenvalue weighted by Crippen LogP contribution is 2.27. The summed E-state index contributed by atoms with van der Waals surface area (Å²) in [5.41, 5.74) is 1.05. The van der Waals surface area contributed by atoms with Gasteiger partial charge in [-0.3, -0.25) is 0 Å². The third-order valence-corrected chi connectivity index (χ3v) is 4.55. The molecule has 112 valence electrons. The van der Waals surface area contributed by atoms with Crippen LogP contribution in [0.3, 0.4) is 0 Å². The zero-order valence-corrected chi connectivity index (χ0v) is 12.9. The second-order valence-electron chi connectivity index (χ2n) is 4.12. The molecule has 1 aromatic carbocycles. The monoisotopic (exact) mass is 327 g/mol. The topological polar surface area (TPSA) is 111 Å². The number of aryl methyl sites for hydroxylation is 1. The van der Waals surface area contributed by atoms with Gasteiger partial charge in [0, 0.05) is 5.69 Å². The van der Waals surface area contributed by atoms with E-state index in [0.717, 1.165) is 11.3 Å². The van der Waals surface area contributed by atoms with Gasteiger partial charge >= 0.3 is 5.97 Å². The summed E-state index contributed by atoms with van der Waals surface area (Å²) in [6, 6.07) is 6.02. The average molecular weight is 327 g/mol. The number of anilines is 2. The molecule has 0 aliphatic rings. The molecule has 0 saturated heterocycles. The zero-order chi connectivity index (χ0) is 15.6. The molecule has 0 unspecified atom stereocenters. The molecule has 0 radical (unpaired) electrons. The Kier molecular flexibility index (Phi) is 4.26. The second-order valence-corrected chi connectivity index (χ2v) is 6.68. The number of nitrogens with one attached hydrogen (secondary N) is 1. The van der Waals surface area contributed by atoms with E-state index < -0.39 is 16.0 Å². The Labute approximate surface area is 125 Å². The molecule has 0 bridgehead atoms. The molecule has 0 amide bonds. The number of carbonyl (C=O) groups is 1. The summed E-state index contributed by atoms with van der Waals surface area (Å²) < 4.78 is 27.3. The number of hydrogen-bond acceptors (Lipinski definition) is 7. The fourth-order valence-corrected chi connectivity index (χ4v) is 3.07. The number of nitrogens with two attached hydrogens (primary N) is 1. The van der Waals surface area contributed by atoms with Crippen LogP contribution in [-0.4, -0.2) is 26.5 Å². The van der Waals surface area contributed by atoms with Crippen molar-refractivity contribution >= 4 is 38.1 Å². The third-order valence-electron chi connectivity index (χ3n) is 2.58. The second kappa shape index (κ2) is 5.80. The Morgan fingerprint density at radius 1 is 1.43 bits per heavy atom. The van der Waals surface area contributed by atoms with Crippen molar-refractivity contribution in [3.05, 3.63) is 34.8 Å². The van der Waals surface area contributed by atoms with Crippen LogP contribution in [0.1, 0.15) is 15.4 Å².